The average molecular weight is 905 g/mol. The molecule has 6 heterocycles. The Morgan fingerprint density at radius 1 is 0.641 bits per heavy atom. The number of hydrogen-bond donors (Lipinski definition) is 11. The summed E-state index contributed by atoms with van der Waals surface area (Å²) in [4.78, 5) is 140. The average Bonchev–Trinajstić information content (AvgIpc) is 4.05. The molecular weight excluding hydrogens is 848 g/mol. The van der Waals surface area contributed by atoms with Gasteiger partial charge in [0.1, 0.15) is 36.3 Å². The smallest absolute Gasteiger partial charge is 0.300 e. The van der Waals surface area contributed by atoms with Gasteiger partial charge in [0.05, 0.1) is 12.7 Å². The van der Waals surface area contributed by atoms with Gasteiger partial charge in [0.15, 0.2) is 0 Å². The van der Waals surface area contributed by atoms with E-state index in [1.165, 1.54) is 22.5 Å². The highest BCUT2D eigenvalue weighted by molar-refractivity contribution is 5.97. The molecule has 4 saturated heterocycles. The van der Waals surface area contributed by atoms with Gasteiger partial charge in [-0.1, -0.05) is 0 Å². The van der Waals surface area contributed by atoms with Gasteiger partial charge in [-0.15, -0.1) is 0 Å². The number of H-pyrrole nitrogens is 2. The van der Waals surface area contributed by atoms with Crippen molar-refractivity contribution in [2.75, 3.05) is 13.1 Å². The summed E-state index contributed by atoms with van der Waals surface area (Å²) in [5.74, 6) is -5.52. The molecule has 6 rings (SSSR count). The minimum Gasteiger partial charge on any atom is -0.481 e. The fourth-order valence-electron chi connectivity index (χ4n) is 6.85. The Kier molecular flexibility index (Phi) is 21.5. The van der Waals surface area contributed by atoms with Crippen molar-refractivity contribution in [1.29, 1.82) is 0 Å². The van der Waals surface area contributed by atoms with E-state index in [0.717, 1.165) is 20.8 Å². The Labute approximate surface area is 366 Å². The summed E-state index contributed by atoms with van der Waals surface area (Å²) in [6.45, 7) is 4.09. The molecule has 64 heavy (non-hydrogen) atoms. The largest absolute Gasteiger partial charge is 0.481 e. The second kappa shape index (κ2) is 26.2. The molecule has 6 atom stereocenters. The minimum atomic E-state index is -0.875. The third-order valence-electron chi connectivity index (χ3n) is 9.54. The summed E-state index contributed by atoms with van der Waals surface area (Å²) in [5, 5.41) is 32.8. The topological polar surface area (TPSA) is 412 Å². The quantitative estimate of drug-likeness (QED) is 0.0992. The zero-order valence-corrected chi connectivity index (χ0v) is 35.5. The van der Waals surface area contributed by atoms with Gasteiger partial charge < -0.3 is 67.8 Å². The van der Waals surface area contributed by atoms with Gasteiger partial charge in [-0.3, -0.25) is 52.7 Å². The molecule has 2 aromatic heterocycles. The summed E-state index contributed by atoms with van der Waals surface area (Å²) < 4.78 is 0. The number of aromatic nitrogens is 4. The lowest BCUT2D eigenvalue weighted by Crippen LogP contribution is -2.56. The van der Waals surface area contributed by atoms with E-state index in [-0.39, 0.29) is 49.3 Å². The SMILES string of the molecule is CC(=O)O.CC(=O)O.CC(=O)O.NC(=O)[C@@H]1CCCN1C(=O)[C@H](Cc1cnc[nH]1)NC(=O)[C@@H]1CCC(=O)N1.NC(=O)[C@@H]1CCCN1C(=O)[C@H](Cc1cnc[nH]1)NC(=O)[C@@H]1CCC(=O)N1. The van der Waals surface area contributed by atoms with Gasteiger partial charge in [0.2, 0.25) is 47.3 Å². The number of carbonyl (C=O) groups excluding carboxylic acids is 8. The van der Waals surface area contributed by atoms with E-state index in [4.69, 9.17) is 41.2 Å². The highest BCUT2D eigenvalue weighted by atomic mass is 16.4. The minimum absolute atomic E-state index is 0.185. The van der Waals surface area contributed by atoms with E-state index in [9.17, 15) is 38.4 Å². The number of carbonyl (C=O) groups is 11. The summed E-state index contributed by atoms with van der Waals surface area (Å²) in [5.41, 5.74) is 12.1. The van der Waals surface area contributed by atoms with Gasteiger partial charge in [0.25, 0.3) is 17.9 Å². The van der Waals surface area contributed by atoms with Crippen LogP contribution >= 0.6 is 0 Å². The normalized spacial score (nSPS) is 20.3. The predicted molar refractivity (Wildman–Crippen MR) is 219 cm³/mol. The summed E-state index contributed by atoms with van der Waals surface area (Å²) in [7, 11) is 0. The van der Waals surface area contributed by atoms with E-state index in [2.05, 4.69) is 41.2 Å². The number of aliphatic carboxylic acids is 3. The fourth-order valence-corrected chi connectivity index (χ4v) is 6.85. The first kappa shape index (κ1) is 52.7. The fraction of sp³-hybridized carbons (Fsp3) is 0.553. The van der Waals surface area contributed by atoms with Gasteiger partial charge in [-0.2, -0.15) is 0 Å². The van der Waals surface area contributed by atoms with Crippen molar-refractivity contribution in [3.8, 4) is 0 Å². The van der Waals surface area contributed by atoms with Gasteiger partial charge >= 0.3 is 0 Å². The number of primary amides is 2. The lowest BCUT2D eigenvalue weighted by Gasteiger charge is -2.28. The monoisotopic (exact) mass is 904 g/mol. The lowest BCUT2D eigenvalue weighted by molar-refractivity contribution is -0.140. The Balaban J connectivity index is 0.000000352. The van der Waals surface area contributed by atoms with Crippen LogP contribution in [-0.2, 0) is 65.6 Å². The van der Waals surface area contributed by atoms with Crippen molar-refractivity contribution in [1.82, 2.24) is 51.0 Å². The molecule has 0 bridgehead atoms. The number of carboxylic acids is 3. The molecule has 0 aliphatic carbocycles. The molecule has 352 valence electrons. The molecule has 4 fully saturated rings. The number of carboxylic acid groups (broad SMARTS) is 3. The number of imidazole rings is 2. The lowest BCUT2D eigenvalue weighted by atomic mass is 10.1. The molecule has 0 unspecified atom stereocenters. The van der Waals surface area contributed by atoms with Crippen molar-refractivity contribution >= 4 is 65.2 Å². The molecule has 0 radical (unpaired) electrons. The van der Waals surface area contributed by atoms with Crippen molar-refractivity contribution in [2.24, 2.45) is 11.5 Å². The van der Waals surface area contributed by atoms with Crippen LogP contribution in [0.5, 0.6) is 0 Å². The first-order valence-corrected chi connectivity index (χ1v) is 20.0. The number of aromatic amines is 2. The zero-order valence-electron chi connectivity index (χ0n) is 35.5. The molecular formula is C38H56N12O14. The Morgan fingerprint density at radius 3 is 1.22 bits per heavy atom. The predicted octanol–water partition coefficient (Wildman–Crippen LogP) is -3.34. The third kappa shape index (κ3) is 18.3. The van der Waals surface area contributed by atoms with Crippen molar-refractivity contribution < 1.29 is 68.1 Å². The van der Waals surface area contributed by atoms with E-state index < -0.39 is 77.8 Å². The van der Waals surface area contributed by atoms with Gasteiger partial charge in [0, 0.05) is 83.3 Å². The number of hydrogen-bond acceptors (Lipinski definition) is 13. The van der Waals surface area contributed by atoms with Crippen LogP contribution in [0.2, 0.25) is 0 Å². The first-order chi connectivity index (χ1) is 30.1. The number of nitrogens with zero attached hydrogens (tertiary/aromatic N) is 4. The van der Waals surface area contributed by atoms with E-state index in [1.807, 2.05) is 0 Å². The van der Waals surface area contributed by atoms with E-state index >= 15 is 0 Å². The van der Waals surface area contributed by atoms with Crippen LogP contribution in [0.4, 0.5) is 0 Å². The molecule has 0 saturated carbocycles. The second-order valence-corrected chi connectivity index (χ2v) is 14.7. The molecule has 2 aromatic rings. The highest BCUT2D eigenvalue weighted by Crippen LogP contribution is 2.21. The van der Waals surface area contributed by atoms with Crippen LogP contribution in [0.3, 0.4) is 0 Å². The number of likely N-dealkylation sites (tertiary alicyclic amines) is 2. The van der Waals surface area contributed by atoms with Crippen LogP contribution in [0, 0.1) is 0 Å². The van der Waals surface area contributed by atoms with Crippen molar-refractivity contribution in [3.05, 3.63) is 36.4 Å². The molecule has 26 nitrogen and oxygen atoms in total. The number of amides is 8. The van der Waals surface area contributed by atoms with Crippen molar-refractivity contribution in [2.45, 2.75) is 121 Å². The van der Waals surface area contributed by atoms with Crippen LogP contribution in [0.15, 0.2) is 25.0 Å². The maximum atomic E-state index is 13.0. The molecule has 4 aliphatic heterocycles. The Bertz CT molecular complexity index is 1800. The standard InChI is InChI=1S/2C16H22N6O4.3C2H4O2/c2*17-14(24)12-2-1-5-22(12)16(26)11(6-9-7-18-8-19-9)21-15(25)10-3-4-13(23)20-10;3*1-2(3)4/h2*7-8,10-12H,1-6H2,(H2,17,24)(H,18,19)(H,20,23)(H,21,25);3*1H3,(H,3,4)/t2*10-,11-,12-;;;/m00.../s1. The highest BCUT2D eigenvalue weighted by Gasteiger charge is 2.40. The van der Waals surface area contributed by atoms with Crippen LogP contribution in [0.1, 0.15) is 83.5 Å². The third-order valence-corrected chi connectivity index (χ3v) is 9.54. The van der Waals surface area contributed by atoms with Gasteiger partial charge in [-0.25, -0.2) is 9.97 Å². The molecule has 26 heteroatoms. The molecule has 0 aromatic carbocycles. The Morgan fingerprint density at radius 2 is 0.969 bits per heavy atom. The number of rotatable bonds is 12. The molecule has 8 amide bonds. The number of nitrogens with one attached hydrogen (secondary N) is 6. The van der Waals surface area contributed by atoms with Crippen molar-refractivity contribution in [3.63, 3.8) is 0 Å². The van der Waals surface area contributed by atoms with Gasteiger partial charge in [-0.05, 0) is 38.5 Å². The zero-order chi connectivity index (χ0) is 48.1. The summed E-state index contributed by atoms with van der Waals surface area (Å²) in [6.07, 6.45) is 10.3. The van der Waals surface area contributed by atoms with Crippen LogP contribution in [-0.4, -0.2) is 160 Å². The van der Waals surface area contributed by atoms with E-state index in [0.29, 0.717) is 63.0 Å². The molecule has 13 N–H and O–H groups in total. The van der Waals surface area contributed by atoms with Crippen LogP contribution < -0.4 is 32.7 Å². The molecule has 0 spiro atoms. The Hall–Kier alpha value is -7.41. The summed E-state index contributed by atoms with van der Waals surface area (Å²) in [6, 6.07) is -4.36. The second-order valence-electron chi connectivity index (χ2n) is 14.7. The number of nitrogens with two attached hydrogens (primary N) is 2. The van der Waals surface area contributed by atoms with Crippen LogP contribution in [0.25, 0.3) is 0 Å². The maximum absolute atomic E-state index is 13.0. The first-order valence-electron chi connectivity index (χ1n) is 20.0. The molecule has 4 aliphatic rings. The van der Waals surface area contributed by atoms with E-state index in [1.54, 1.807) is 12.4 Å². The summed E-state index contributed by atoms with van der Waals surface area (Å²) >= 11 is 0. The maximum Gasteiger partial charge on any atom is 0.300 e.